The van der Waals surface area contributed by atoms with E-state index in [1.165, 1.54) is 5.56 Å². The van der Waals surface area contributed by atoms with Crippen molar-refractivity contribution in [1.29, 1.82) is 0 Å². The summed E-state index contributed by atoms with van der Waals surface area (Å²) in [4.78, 5) is 11.5. The summed E-state index contributed by atoms with van der Waals surface area (Å²) in [6, 6.07) is 15.7. The predicted molar refractivity (Wildman–Crippen MR) is 86.5 cm³/mol. The van der Waals surface area contributed by atoms with Crippen LogP contribution in [0.25, 0.3) is 0 Å². The van der Waals surface area contributed by atoms with Crippen LogP contribution in [0.2, 0.25) is 5.02 Å². The van der Waals surface area contributed by atoms with E-state index in [-0.39, 0.29) is 11.9 Å². The van der Waals surface area contributed by atoms with Gasteiger partial charge < -0.3 is 10.6 Å². The van der Waals surface area contributed by atoms with Gasteiger partial charge in [0.05, 0.1) is 0 Å². The summed E-state index contributed by atoms with van der Waals surface area (Å²) in [6.07, 6.45) is 0. The molecule has 3 nitrogen and oxygen atoms in total. The van der Waals surface area contributed by atoms with E-state index in [1.807, 2.05) is 48.5 Å². The Hall–Kier alpha value is -1.84. The van der Waals surface area contributed by atoms with Gasteiger partial charge in [-0.05, 0) is 42.3 Å². The van der Waals surface area contributed by atoms with Crippen molar-refractivity contribution in [3.63, 3.8) is 0 Å². The zero-order valence-electron chi connectivity index (χ0n) is 12.2. The van der Waals surface area contributed by atoms with E-state index in [2.05, 4.69) is 17.6 Å². The highest BCUT2D eigenvalue weighted by atomic mass is 35.5. The van der Waals surface area contributed by atoms with Crippen LogP contribution >= 0.6 is 11.6 Å². The van der Waals surface area contributed by atoms with Gasteiger partial charge in [0.1, 0.15) is 0 Å². The second-order valence-electron chi connectivity index (χ2n) is 4.93. The van der Waals surface area contributed by atoms with Crippen LogP contribution in [-0.4, -0.2) is 13.0 Å². The fourth-order valence-corrected chi connectivity index (χ4v) is 2.18. The van der Waals surface area contributed by atoms with Gasteiger partial charge in [-0.2, -0.15) is 0 Å². The van der Waals surface area contributed by atoms with Crippen molar-refractivity contribution in [3.05, 3.63) is 70.2 Å². The minimum absolute atomic E-state index is 0.0657. The lowest BCUT2D eigenvalue weighted by Gasteiger charge is -2.14. The SMILES string of the molecule is CNC(=O)c1ccc(CN[C@@H](C)c2ccc(Cl)cc2)cc1. The van der Waals surface area contributed by atoms with Gasteiger partial charge in [-0.25, -0.2) is 0 Å². The second kappa shape index (κ2) is 7.25. The Morgan fingerprint density at radius 1 is 1.10 bits per heavy atom. The van der Waals surface area contributed by atoms with Crippen LogP contribution in [0.3, 0.4) is 0 Å². The summed E-state index contributed by atoms with van der Waals surface area (Å²) >= 11 is 5.89. The maximum absolute atomic E-state index is 11.5. The molecule has 0 heterocycles. The summed E-state index contributed by atoms with van der Waals surface area (Å²) < 4.78 is 0. The number of hydrogen-bond donors (Lipinski definition) is 2. The number of carbonyl (C=O) groups is 1. The van der Waals surface area contributed by atoms with E-state index >= 15 is 0 Å². The molecule has 0 aromatic heterocycles. The third-order valence-electron chi connectivity index (χ3n) is 3.43. The highest BCUT2D eigenvalue weighted by Crippen LogP contribution is 2.16. The third-order valence-corrected chi connectivity index (χ3v) is 3.68. The molecule has 0 radical (unpaired) electrons. The van der Waals surface area contributed by atoms with Gasteiger partial charge in [0.25, 0.3) is 5.91 Å². The van der Waals surface area contributed by atoms with E-state index in [0.717, 1.165) is 17.1 Å². The molecule has 0 unspecified atom stereocenters. The van der Waals surface area contributed by atoms with Crippen LogP contribution in [0.4, 0.5) is 0 Å². The number of benzene rings is 2. The number of carbonyl (C=O) groups excluding carboxylic acids is 1. The minimum Gasteiger partial charge on any atom is -0.355 e. The molecule has 0 aliphatic rings. The highest BCUT2D eigenvalue weighted by Gasteiger charge is 2.06. The average Bonchev–Trinajstić information content (AvgIpc) is 2.53. The number of amides is 1. The monoisotopic (exact) mass is 302 g/mol. The highest BCUT2D eigenvalue weighted by molar-refractivity contribution is 6.30. The van der Waals surface area contributed by atoms with Crippen molar-refractivity contribution >= 4 is 17.5 Å². The minimum atomic E-state index is -0.0657. The molecule has 0 saturated carbocycles. The molecule has 2 aromatic carbocycles. The van der Waals surface area contributed by atoms with Crippen molar-refractivity contribution in [2.45, 2.75) is 19.5 Å². The van der Waals surface area contributed by atoms with Crippen molar-refractivity contribution < 1.29 is 4.79 Å². The van der Waals surface area contributed by atoms with Crippen molar-refractivity contribution in [2.24, 2.45) is 0 Å². The molecule has 2 N–H and O–H groups in total. The van der Waals surface area contributed by atoms with E-state index in [1.54, 1.807) is 7.05 Å². The van der Waals surface area contributed by atoms with Gasteiger partial charge in [0, 0.05) is 30.2 Å². The molecule has 4 heteroatoms. The van der Waals surface area contributed by atoms with Gasteiger partial charge >= 0.3 is 0 Å². The Kier molecular flexibility index (Phi) is 5.37. The lowest BCUT2D eigenvalue weighted by atomic mass is 10.1. The summed E-state index contributed by atoms with van der Waals surface area (Å²) in [7, 11) is 1.63. The van der Waals surface area contributed by atoms with E-state index in [9.17, 15) is 4.79 Å². The number of nitrogens with one attached hydrogen (secondary N) is 2. The number of hydrogen-bond acceptors (Lipinski definition) is 2. The topological polar surface area (TPSA) is 41.1 Å². The third kappa shape index (κ3) is 4.31. The van der Waals surface area contributed by atoms with Gasteiger partial charge in [0.15, 0.2) is 0 Å². The predicted octanol–water partition coefficient (Wildman–Crippen LogP) is 3.55. The van der Waals surface area contributed by atoms with Crippen LogP contribution in [0.15, 0.2) is 48.5 Å². The first-order valence-electron chi connectivity index (χ1n) is 6.90. The molecule has 0 bridgehead atoms. The average molecular weight is 303 g/mol. The fraction of sp³-hybridized carbons (Fsp3) is 0.235. The first-order chi connectivity index (χ1) is 10.1. The van der Waals surface area contributed by atoms with Crippen molar-refractivity contribution in [2.75, 3.05) is 7.05 Å². The summed E-state index contributed by atoms with van der Waals surface area (Å²) in [5.74, 6) is -0.0657. The van der Waals surface area contributed by atoms with Gasteiger partial charge in [-0.3, -0.25) is 4.79 Å². The van der Waals surface area contributed by atoms with Gasteiger partial charge in [-0.1, -0.05) is 35.9 Å². The van der Waals surface area contributed by atoms with Crippen LogP contribution in [0, 0.1) is 0 Å². The maximum Gasteiger partial charge on any atom is 0.251 e. The normalized spacial score (nSPS) is 12.0. The van der Waals surface area contributed by atoms with E-state index in [0.29, 0.717) is 5.56 Å². The fourth-order valence-electron chi connectivity index (χ4n) is 2.06. The summed E-state index contributed by atoms with van der Waals surface area (Å²) in [5, 5.41) is 6.81. The standard InChI is InChI=1S/C17H19ClN2O/c1-12(14-7-9-16(18)10-8-14)20-11-13-3-5-15(6-4-13)17(21)19-2/h3-10,12,20H,11H2,1-2H3,(H,19,21)/t12-/m0/s1. The Bertz CT molecular complexity index is 593. The Morgan fingerprint density at radius 2 is 1.71 bits per heavy atom. The maximum atomic E-state index is 11.5. The van der Waals surface area contributed by atoms with Crippen LogP contribution in [0.5, 0.6) is 0 Å². The molecule has 0 saturated heterocycles. The zero-order chi connectivity index (χ0) is 15.2. The molecule has 1 atom stereocenters. The molecule has 2 rings (SSSR count). The molecule has 21 heavy (non-hydrogen) atoms. The molecule has 110 valence electrons. The van der Waals surface area contributed by atoms with Crippen molar-refractivity contribution in [1.82, 2.24) is 10.6 Å². The Balaban J connectivity index is 1.93. The molecule has 0 spiro atoms. The smallest absolute Gasteiger partial charge is 0.251 e. The Morgan fingerprint density at radius 3 is 2.29 bits per heavy atom. The first-order valence-corrected chi connectivity index (χ1v) is 7.28. The van der Waals surface area contributed by atoms with Crippen LogP contribution in [-0.2, 0) is 6.54 Å². The molecule has 0 fully saturated rings. The van der Waals surface area contributed by atoms with Gasteiger partial charge in [0.2, 0.25) is 0 Å². The first kappa shape index (κ1) is 15.5. The molecular weight excluding hydrogens is 284 g/mol. The van der Waals surface area contributed by atoms with E-state index < -0.39 is 0 Å². The molecular formula is C17H19ClN2O. The Labute approximate surface area is 130 Å². The molecule has 0 aliphatic carbocycles. The van der Waals surface area contributed by atoms with Crippen LogP contribution < -0.4 is 10.6 Å². The van der Waals surface area contributed by atoms with Crippen LogP contribution in [0.1, 0.15) is 34.5 Å². The molecule has 2 aromatic rings. The number of halogens is 1. The zero-order valence-corrected chi connectivity index (χ0v) is 12.9. The summed E-state index contributed by atoms with van der Waals surface area (Å²) in [5.41, 5.74) is 3.01. The lowest BCUT2D eigenvalue weighted by Crippen LogP contribution is -2.19. The second-order valence-corrected chi connectivity index (χ2v) is 5.37. The van der Waals surface area contributed by atoms with Gasteiger partial charge in [-0.15, -0.1) is 0 Å². The van der Waals surface area contributed by atoms with E-state index in [4.69, 9.17) is 11.6 Å². The van der Waals surface area contributed by atoms with Crippen molar-refractivity contribution in [3.8, 4) is 0 Å². The number of rotatable bonds is 5. The quantitative estimate of drug-likeness (QED) is 0.887. The summed E-state index contributed by atoms with van der Waals surface area (Å²) in [6.45, 7) is 2.86. The lowest BCUT2D eigenvalue weighted by molar-refractivity contribution is 0.0963. The molecule has 1 amide bonds. The molecule has 0 aliphatic heterocycles. The largest absolute Gasteiger partial charge is 0.355 e.